The SMILES string of the molecule is Nc1cc2ccccc2c(=O)n1CCc1ccc(F)cc1. The Morgan fingerprint density at radius 1 is 1.05 bits per heavy atom. The van der Waals surface area contributed by atoms with Crippen LogP contribution in [0.15, 0.2) is 59.4 Å². The number of nitrogen functional groups attached to an aromatic ring is 1. The van der Waals surface area contributed by atoms with Crippen molar-refractivity contribution in [2.24, 2.45) is 0 Å². The van der Waals surface area contributed by atoms with Crippen LogP contribution >= 0.6 is 0 Å². The van der Waals surface area contributed by atoms with Crippen molar-refractivity contribution in [2.45, 2.75) is 13.0 Å². The van der Waals surface area contributed by atoms with Gasteiger partial charge in [-0.05, 0) is 41.6 Å². The fourth-order valence-corrected chi connectivity index (χ4v) is 2.44. The van der Waals surface area contributed by atoms with E-state index in [9.17, 15) is 9.18 Å². The largest absolute Gasteiger partial charge is 0.385 e. The van der Waals surface area contributed by atoms with E-state index in [0.717, 1.165) is 10.9 Å². The van der Waals surface area contributed by atoms with E-state index >= 15 is 0 Å². The summed E-state index contributed by atoms with van der Waals surface area (Å²) in [4.78, 5) is 12.4. The molecule has 0 saturated carbocycles. The Balaban J connectivity index is 1.93. The lowest BCUT2D eigenvalue weighted by Crippen LogP contribution is -2.24. The molecule has 1 aromatic heterocycles. The maximum Gasteiger partial charge on any atom is 0.259 e. The first-order chi connectivity index (χ1) is 10.1. The number of fused-ring (bicyclic) bond motifs is 1. The number of rotatable bonds is 3. The molecule has 3 aromatic rings. The molecule has 2 N–H and O–H groups in total. The van der Waals surface area contributed by atoms with Crippen molar-refractivity contribution in [1.82, 2.24) is 4.57 Å². The third-order valence-electron chi connectivity index (χ3n) is 3.59. The fourth-order valence-electron chi connectivity index (χ4n) is 2.44. The van der Waals surface area contributed by atoms with Crippen LogP contribution in [0.1, 0.15) is 5.56 Å². The highest BCUT2D eigenvalue weighted by atomic mass is 19.1. The van der Waals surface area contributed by atoms with Crippen molar-refractivity contribution < 1.29 is 4.39 Å². The van der Waals surface area contributed by atoms with Gasteiger partial charge in [0.15, 0.2) is 0 Å². The summed E-state index contributed by atoms with van der Waals surface area (Å²) < 4.78 is 14.4. The number of halogens is 1. The number of hydrogen-bond acceptors (Lipinski definition) is 2. The zero-order chi connectivity index (χ0) is 14.8. The predicted octanol–water partition coefficient (Wildman–Crippen LogP) is 2.97. The van der Waals surface area contributed by atoms with Gasteiger partial charge in [-0.3, -0.25) is 9.36 Å². The van der Waals surface area contributed by atoms with Crippen LogP contribution in [-0.2, 0) is 13.0 Å². The van der Waals surface area contributed by atoms with Gasteiger partial charge in [0.25, 0.3) is 5.56 Å². The van der Waals surface area contributed by atoms with E-state index in [2.05, 4.69) is 0 Å². The summed E-state index contributed by atoms with van der Waals surface area (Å²) in [6, 6.07) is 15.5. The average Bonchev–Trinajstić information content (AvgIpc) is 2.49. The van der Waals surface area contributed by atoms with Crippen molar-refractivity contribution in [1.29, 1.82) is 0 Å². The van der Waals surface area contributed by atoms with E-state index in [-0.39, 0.29) is 11.4 Å². The summed E-state index contributed by atoms with van der Waals surface area (Å²) in [7, 11) is 0. The Hall–Kier alpha value is -2.62. The number of aryl methyl sites for hydroxylation is 1. The molecule has 106 valence electrons. The molecular formula is C17H15FN2O. The van der Waals surface area contributed by atoms with Crippen LogP contribution in [0, 0.1) is 5.82 Å². The molecule has 3 nitrogen and oxygen atoms in total. The van der Waals surface area contributed by atoms with Gasteiger partial charge in [0, 0.05) is 11.9 Å². The monoisotopic (exact) mass is 282 g/mol. The predicted molar refractivity (Wildman–Crippen MR) is 82.7 cm³/mol. The number of benzene rings is 2. The Kier molecular flexibility index (Phi) is 3.44. The molecule has 0 bridgehead atoms. The average molecular weight is 282 g/mol. The Bertz CT molecular complexity index is 838. The fraction of sp³-hybridized carbons (Fsp3) is 0.118. The van der Waals surface area contributed by atoms with Gasteiger partial charge >= 0.3 is 0 Å². The first kappa shape index (κ1) is 13.4. The smallest absolute Gasteiger partial charge is 0.259 e. The van der Waals surface area contributed by atoms with E-state index in [1.807, 2.05) is 18.2 Å². The second-order valence-electron chi connectivity index (χ2n) is 4.99. The molecule has 0 aliphatic heterocycles. The summed E-state index contributed by atoms with van der Waals surface area (Å²) in [5.74, 6) is 0.182. The zero-order valence-electron chi connectivity index (χ0n) is 11.4. The van der Waals surface area contributed by atoms with Crippen molar-refractivity contribution in [3.8, 4) is 0 Å². The van der Waals surface area contributed by atoms with Crippen LogP contribution in [0.4, 0.5) is 10.2 Å². The van der Waals surface area contributed by atoms with E-state index in [1.165, 1.54) is 12.1 Å². The van der Waals surface area contributed by atoms with Crippen molar-refractivity contribution in [2.75, 3.05) is 5.73 Å². The summed E-state index contributed by atoms with van der Waals surface area (Å²) in [5.41, 5.74) is 6.86. The molecule has 0 aliphatic carbocycles. The zero-order valence-corrected chi connectivity index (χ0v) is 11.4. The second kappa shape index (κ2) is 5.40. The first-order valence-electron chi connectivity index (χ1n) is 6.77. The van der Waals surface area contributed by atoms with E-state index in [4.69, 9.17) is 5.73 Å². The molecule has 1 heterocycles. The topological polar surface area (TPSA) is 48.0 Å². The first-order valence-corrected chi connectivity index (χ1v) is 6.77. The molecule has 0 aliphatic rings. The van der Waals surface area contributed by atoms with E-state index in [0.29, 0.717) is 24.2 Å². The van der Waals surface area contributed by atoms with Gasteiger partial charge in [-0.2, -0.15) is 0 Å². The number of anilines is 1. The third kappa shape index (κ3) is 2.65. The van der Waals surface area contributed by atoms with Gasteiger partial charge in [0.1, 0.15) is 11.6 Å². The Labute approximate surface area is 121 Å². The van der Waals surface area contributed by atoms with Crippen LogP contribution in [-0.4, -0.2) is 4.57 Å². The minimum absolute atomic E-state index is 0.0901. The number of aromatic nitrogens is 1. The normalized spacial score (nSPS) is 10.9. The van der Waals surface area contributed by atoms with Gasteiger partial charge in [-0.25, -0.2) is 4.39 Å². The minimum Gasteiger partial charge on any atom is -0.385 e. The van der Waals surface area contributed by atoms with Crippen LogP contribution in [0.5, 0.6) is 0 Å². The second-order valence-corrected chi connectivity index (χ2v) is 4.99. The van der Waals surface area contributed by atoms with Gasteiger partial charge in [-0.15, -0.1) is 0 Å². The molecule has 0 unspecified atom stereocenters. The highest BCUT2D eigenvalue weighted by molar-refractivity contribution is 5.83. The number of pyridine rings is 1. The summed E-state index contributed by atoms with van der Waals surface area (Å²) in [6.07, 6.45) is 0.628. The van der Waals surface area contributed by atoms with Crippen molar-refractivity contribution >= 4 is 16.6 Å². The molecule has 0 saturated heterocycles. The highest BCUT2D eigenvalue weighted by Gasteiger charge is 2.06. The Morgan fingerprint density at radius 2 is 1.76 bits per heavy atom. The third-order valence-corrected chi connectivity index (χ3v) is 3.59. The number of nitrogens with two attached hydrogens (primary N) is 1. The lowest BCUT2D eigenvalue weighted by molar-refractivity contribution is 0.625. The van der Waals surface area contributed by atoms with Crippen molar-refractivity contribution in [3.63, 3.8) is 0 Å². The van der Waals surface area contributed by atoms with E-state index in [1.54, 1.807) is 28.8 Å². The number of hydrogen-bond donors (Lipinski definition) is 1. The molecular weight excluding hydrogens is 267 g/mol. The number of nitrogens with zero attached hydrogens (tertiary/aromatic N) is 1. The minimum atomic E-state index is -0.263. The summed E-state index contributed by atoms with van der Waals surface area (Å²) >= 11 is 0. The molecule has 4 heteroatoms. The van der Waals surface area contributed by atoms with Crippen LogP contribution in [0.25, 0.3) is 10.8 Å². The molecule has 21 heavy (non-hydrogen) atoms. The molecule has 2 aromatic carbocycles. The van der Waals surface area contributed by atoms with Crippen LogP contribution < -0.4 is 11.3 Å². The molecule has 3 rings (SSSR count). The molecule has 0 spiro atoms. The summed E-state index contributed by atoms with van der Waals surface area (Å²) in [5, 5.41) is 1.50. The Morgan fingerprint density at radius 3 is 2.52 bits per heavy atom. The summed E-state index contributed by atoms with van der Waals surface area (Å²) in [6.45, 7) is 0.473. The maximum absolute atomic E-state index is 12.9. The van der Waals surface area contributed by atoms with Gasteiger partial charge in [0.05, 0.1) is 0 Å². The molecule has 0 amide bonds. The van der Waals surface area contributed by atoms with Crippen molar-refractivity contribution in [3.05, 3.63) is 76.3 Å². The standard InChI is InChI=1S/C17H15FN2O/c18-14-7-5-12(6-8-14)9-10-20-16(19)11-13-3-1-2-4-15(13)17(20)21/h1-8,11H,9-10,19H2. The van der Waals surface area contributed by atoms with Gasteiger partial charge < -0.3 is 5.73 Å². The lowest BCUT2D eigenvalue weighted by atomic mass is 10.1. The van der Waals surface area contributed by atoms with Gasteiger partial charge in [0.2, 0.25) is 0 Å². The van der Waals surface area contributed by atoms with Gasteiger partial charge in [-0.1, -0.05) is 30.3 Å². The van der Waals surface area contributed by atoms with Crippen LogP contribution in [0.2, 0.25) is 0 Å². The quantitative estimate of drug-likeness (QED) is 0.803. The maximum atomic E-state index is 12.9. The lowest BCUT2D eigenvalue weighted by Gasteiger charge is -2.11. The molecule has 0 radical (unpaired) electrons. The van der Waals surface area contributed by atoms with Crippen LogP contribution in [0.3, 0.4) is 0 Å². The molecule has 0 fully saturated rings. The molecule has 0 atom stereocenters. The highest BCUT2D eigenvalue weighted by Crippen LogP contribution is 2.14. The van der Waals surface area contributed by atoms with E-state index < -0.39 is 0 Å².